The standard InChI is InChI=1S/C21H42O7S/c1-2-3-4-5-6-7-8-9-10-11-12-13-14-15-16-17-21(23)27-19-20(18-22)28-29(24,25)26/h20,22H,2-19H2,1H3,(H,24,25,26). The van der Waals surface area contributed by atoms with Gasteiger partial charge in [-0.3, -0.25) is 9.35 Å². The maximum absolute atomic E-state index is 11.6. The molecule has 2 N–H and O–H groups in total. The first kappa shape index (κ1) is 28.3. The minimum Gasteiger partial charge on any atom is -0.463 e. The molecule has 1 unspecified atom stereocenters. The zero-order chi connectivity index (χ0) is 21.8. The molecule has 8 heteroatoms. The quantitative estimate of drug-likeness (QED) is 0.148. The second kappa shape index (κ2) is 19.3. The monoisotopic (exact) mass is 438 g/mol. The lowest BCUT2D eigenvalue weighted by molar-refractivity contribution is -0.146. The van der Waals surface area contributed by atoms with Crippen LogP contribution in [0.1, 0.15) is 110 Å². The largest absolute Gasteiger partial charge is 0.463 e. The van der Waals surface area contributed by atoms with Crippen molar-refractivity contribution in [2.75, 3.05) is 13.2 Å². The van der Waals surface area contributed by atoms with E-state index in [2.05, 4.69) is 11.1 Å². The maximum atomic E-state index is 11.6. The number of hydrogen-bond acceptors (Lipinski definition) is 6. The summed E-state index contributed by atoms with van der Waals surface area (Å²) >= 11 is 0. The highest BCUT2D eigenvalue weighted by atomic mass is 32.3. The van der Waals surface area contributed by atoms with E-state index in [1.807, 2.05) is 0 Å². The Labute approximate surface area is 177 Å². The zero-order valence-electron chi connectivity index (χ0n) is 18.1. The summed E-state index contributed by atoms with van der Waals surface area (Å²) in [6.07, 6.45) is 17.7. The molecule has 0 saturated heterocycles. The molecule has 0 aliphatic heterocycles. The van der Waals surface area contributed by atoms with Crippen LogP contribution in [0.15, 0.2) is 0 Å². The predicted molar refractivity (Wildman–Crippen MR) is 114 cm³/mol. The van der Waals surface area contributed by atoms with Gasteiger partial charge in [-0.2, -0.15) is 8.42 Å². The fourth-order valence-corrected chi connectivity index (χ4v) is 3.64. The highest BCUT2D eigenvalue weighted by molar-refractivity contribution is 7.80. The number of unbranched alkanes of at least 4 members (excludes halogenated alkanes) is 14. The molecule has 0 rings (SSSR count). The molecule has 0 aromatic rings. The lowest BCUT2D eigenvalue weighted by atomic mass is 10.0. The number of ether oxygens (including phenoxy) is 1. The Balaban J connectivity index is 3.38. The summed E-state index contributed by atoms with van der Waals surface area (Å²) in [7, 11) is -4.68. The summed E-state index contributed by atoms with van der Waals surface area (Å²) in [5.74, 6) is -0.461. The second-order valence-electron chi connectivity index (χ2n) is 7.71. The van der Waals surface area contributed by atoms with Gasteiger partial charge in [0.05, 0.1) is 6.61 Å². The van der Waals surface area contributed by atoms with Gasteiger partial charge in [0.2, 0.25) is 0 Å². The smallest absolute Gasteiger partial charge is 0.397 e. The van der Waals surface area contributed by atoms with Crippen LogP contribution in [0.25, 0.3) is 0 Å². The Hall–Kier alpha value is -0.700. The first-order valence-corrected chi connectivity index (χ1v) is 12.7. The molecule has 0 fully saturated rings. The second-order valence-corrected chi connectivity index (χ2v) is 8.76. The molecule has 174 valence electrons. The van der Waals surface area contributed by atoms with Crippen molar-refractivity contribution in [2.24, 2.45) is 0 Å². The molecular weight excluding hydrogens is 396 g/mol. The van der Waals surface area contributed by atoms with E-state index < -0.39 is 35.7 Å². The van der Waals surface area contributed by atoms with Gasteiger partial charge < -0.3 is 9.84 Å². The van der Waals surface area contributed by atoms with Crippen LogP contribution in [-0.2, 0) is 24.1 Å². The van der Waals surface area contributed by atoms with Crippen molar-refractivity contribution in [1.82, 2.24) is 0 Å². The Morgan fingerprint density at radius 3 is 1.59 bits per heavy atom. The summed E-state index contributed by atoms with van der Waals surface area (Å²) in [6, 6.07) is 0. The van der Waals surface area contributed by atoms with Gasteiger partial charge in [0.15, 0.2) is 0 Å². The van der Waals surface area contributed by atoms with Crippen molar-refractivity contribution in [3.05, 3.63) is 0 Å². The lowest BCUT2D eigenvalue weighted by Crippen LogP contribution is -2.28. The first-order chi connectivity index (χ1) is 13.9. The van der Waals surface area contributed by atoms with Gasteiger partial charge >= 0.3 is 16.4 Å². The predicted octanol–water partition coefficient (Wildman–Crippen LogP) is 4.97. The fraction of sp³-hybridized carbons (Fsp3) is 0.952. The van der Waals surface area contributed by atoms with Gasteiger partial charge in [-0.1, -0.05) is 96.8 Å². The topological polar surface area (TPSA) is 110 Å². The maximum Gasteiger partial charge on any atom is 0.397 e. The highest BCUT2D eigenvalue weighted by Crippen LogP contribution is 2.14. The van der Waals surface area contributed by atoms with E-state index in [1.165, 1.54) is 77.0 Å². The Morgan fingerprint density at radius 1 is 0.793 bits per heavy atom. The number of aliphatic hydroxyl groups excluding tert-OH is 1. The molecule has 0 bridgehead atoms. The molecular formula is C21H42O7S. The number of aliphatic hydroxyl groups is 1. The van der Waals surface area contributed by atoms with Crippen molar-refractivity contribution < 1.29 is 31.8 Å². The normalized spacial score (nSPS) is 12.8. The van der Waals surface area contributed by atoms with Gasteiger partial charge in [-0.15, -0.1) is 0 Å². The zero-order valence-corrected chi connectivity index (χ0v) is 19.0. The molecule has 0 saturated carbocycles. The van der Waals surface area contributed by atoms with Crippen molar-refractivity contribution in [3.63, 3.8) is 0 Å². The third-order valence-electron chi connectivity index (χ3n) is 4.88. The summed E-state index contributed by atoms with van der Waals surface area (Å²) < 4.78 is 38.7. The average Bonchev–Trinajstić information content (AvgIpc) is 2.67. The molecule has 0 aromatic heterocycles. The molecule has 0 radical (unpaired) electrons. The summed E-state index contributed by atoms with van der Waals surface area (Å²) in [4.78, 5) is 11.6. The van der Waals surface area contributed by atoms with Crippen LogP contribution in [0.2, 0.25) is 0 Å². The van der Waals surface area contributed by atoms with E-state index >= 15 is 0 Å². The van der Waals surface area contributed by atoms with E-state index in [-0.39, 0.29) is 6.42 Å². The van der Waals surface area contributed by atoms with Gasteiger partial charge in [-0.25, -0.2) is 4.18 Å². The van der Waals surface area contributed by atoms with E-state index in [1.54, 1.807) is 0 Å². The van der Waals surface area contributed by atoms with E-state index in [4.69, 9.17) is 14.4 Å². The minimum atomic E-state index is -4.68. The fourth-order valence-electron chi connectivity index (χ4n) is 3.18. The van der Waals surface area contributed by atoms with E-state index in [0.717, 1.165) is 19.3 Å². The van der Waals surface area contributed by atoms with Crippen molar-refractivity contribution in [2.45, 2.75) is 116 Å². The third kappa shape index (κ3) is 21.8. The summed E-state index contributed by atoms with van der Waals surface area (Å²) in [6.45, 7) is 1.16. The van der Waals surface area contributed by atoms with Crippen LogP contribution in [0.4, 0.5) is 0 Å². The number of esters is 1. The molecule has 0 aliphatic rings. The Bertz CT molecular complexity index is 479. The third-order valence-corrected chi connectivity index (χ3v) is 5.39. The van der Waals surface area contributed by atoms with Crippen LogP contribution in [0, 0.1) is 0 Å². The number of rotatable bonds is 21. The van der Waals surface area contributed by atoms with Crippen molar-refractivity contribution >= 4 is 16.4 Å². The molecule has 0 spiro atoms. The van der Waals surface area contributed by atoms with Crippen molar-refractivity contribution in [1.29, 1.82) is 0 Å². The molecule has 7 nitrogen and oxygen atoms in total. The molecule has 0 aliphatic carbocycles. The molecule has 29 heavy (non-hydrogen) atoms. The van der Waals surface area contributed by atoms with Crippen LogP contribution in [0.3, 0.4) is 0 Å². The highest BCUT2D eigenvalue weighted by Gasteiger charge is 2.18. The Morgan fingerprint density at radius 2 is 1.21 bits per heavy atom. The lowest BCUT2D eigenvalue weighted by Gasteiger charge is -2.12. The van der Waals surface area contributed by atoms with E-state index in [9.17, 15) is 13.2 Å². The van der Waals surface area contributed by atoms with Gasteiger partial charge in [0, 0.05) is 6.42 Å². The Kier molecular flexibility index (Phi) is 18.8. The number of carbonyl (C=O) groups excluding carboxylic acids is 1. The first-order valence-electron chi connectivity index (χ1n) is 11.3. The van der Waals surface area contributed by atoms with Gasteiger partial charge in [-0.05, 0) is 6.42 Å². The van der Waals surface area contributed by atoms with Crippen LogP contribution in [-0.4, -0.2) is 43.4 Å². The van der Waals surface area contributed by atoms with E-state index in [0.29, 0.717) is 0 Å². The van der Waals surface area contributed by atoms with Crippen LogP contribution >= 0.6 is 0 Å². The molecule has 0 amide bonds. The number of hydrogen-bond donors (Lipinski definition) is 2. The summed E-state index contributed by atoms with van der Waals surface area (Å²) in [5.41, 5.74) is 0. The molecule has 0 aromatic carbocycles. The van der Waals surface area contributed by atoms with Gasteiger partial charge in [0.25, 0.3) is 0 Å². The van der Waals surface area contributed by atoms with Crippen molar-refractivity contribution in [3.8, 4) is 0 Å². The SMILES string of the molecule is CCCCCCCCCCCCCCCCCC(=O)OCC(CO)OS(=O)(=O)O. The van der Waals surface area contributed by atoms with Crippen LogP contribution in [0.5, 0.6) is 0 Å². The molecule has 1 atom stereocenters. The minimum absolute atomic E-state index is 0.252. The van der Waals surface area contributed by atoms with Gasteiger partial charge in [0.1, 0.15) is 12.7 Å². The van der Waals surface area contributed by atoms with Crippen LogP contribution < -0.4 is 0 Å². The average molecular weight is 439 g/mol. The number of carbonyl (C=O) groups is 1. The molecule has 0 heterocycles. The summed E-state index contributed by atoms with van der Waals surface area (Å²) in [5, 5.41) is 8.93.